The van der Waals surface area contributed by atoms with E-state index in [4.69, 9.17) is 16.3 Å². The van der Waals surface area contributed by atoms with E-state index in [0.29, 0.717) is 23.6 Å². The molecule has 1 atom stereocenters. The lowest BCUT2D eigenvalue weighted by Gasteiger charge is -2.26. The maximum Gasteiger partial charge on any atom is 0.251 e. The van der Waals surface area contributed by atoms with Crippen molar-refractivity contribution in [2.75, 3.05) is 13.2 Å². The maximum absolute atomic E-state index is 12.1. The van der Waals surface area contributed by atoms with Crippen molar-refractivity contribution in [3.8, 4) is 5.75 Å². The van der Waals surface area contributed by atoms with Crippen LogP contribution in [0.3, 0.4) is 0 Å². The van der Waals surface area contributed by atoms with Crippen molar-refractivity contribution in [3.63, 3.8) is 0 Å². The van der Waals surface area contributed by atoms with Crippen LogP contribution in [0.1, 0.15) is 28.4 Å². The van der Waals surface area contributed by atoms with E-state index in [2.05, 4.69) is 10.6 Å². The van der Waals surface area contributed by atoms with E-state index < -0.39 is 0 Å². The van der Waals surface area contributed by atoms with Gasteiger partial charge in [0.15, 0.2) is 0 Å². The molecule has 1 aliphatic heterocycles. The lowest BCUT2D eigenvalue weighted by atomic mass is 10.0. The maximum atomic E-state index is 12.1. The van der Waals surface area contributed by atoms with Crippen molar-refractivity contribution in [2.24, 2.45) is 0 Å². The molecule has 0 fully saturated rings. The molecule has 0 spiro atoms. The first-order chi connectivity index (χ1) is 11.6. The number of rotatable bonds is 4. The molecule has 124 valence electrons. The Labute approximate surface area is 145 Å². The van der Waals surface area contributed by atoms with Gasteiger partial charge in [0.05, 0.1) is 19.2 Å². The Morgan fingerprint density at radius 2 is 1.88 bits per heavy atom. The average Bonchev–Trinajstić information content (AvgIpc) is 2.61. The molecule has 1 heterocycles. The van der Waals surface area contributed by atoms with Crippen molar-refractivity contribution >= 4 is 23.4 Å². The standard InChI is InChI=1S/C18H17ClN2O3/c19-13-7-5-12(6-8-13)18(23)20-11-17(22)21-15-9-10-24-16-4-2-1-3-14(15)16/h1-8,15H,9-11H2,(H,20,23)(H,21,22). The number of nitrogens with one attached hydrogen (secondary N) is 2. The van der Waals surface area contributed by atoms with Gasteiger partial charge in [0, 0.05) is 22.6 Å². The summed E-state index contributed by atoms with van der Waals surface area (Å²) in [5, 5.41) is 6.10. The van der Waals surface area contributed by atoms with Crippen molar-refractivity contribution in [1.29, 1.82) is 0 Å². The first kappa shape index (κ1) is 16.3. The van der Waals surface area contributed by atoms with Gasteiger partial charge in [-0.05, 0) is 30.3 Å². The summed E-state index contributed by atoms with van der Waals surface area (Å²) in [6, 6.07) is 14.0. The predicted molar refractivity (Wildman–Crippen MR) is 91.2 cm³/mol. The highest BCUT2D eigenvalue weighted by Crippen LogP contribution is 2.31. The van der Waals surface area contributed by atoms with E-state index in [1.54, 1.807) is 24.3 Å². The number of hydrogen-bond donors (Lipinski definition) is 2. The van der Waals surface area contributed by atoms with Gasteiger partial charge in [-0.3, -0.25) is 9.59 Å². The SMILES string of the molecule is O=C(CNC(=O)c1ccc(Cl)cc1)NC1CCOc2ccccc21. The minimum absolute atomic E-state index is 0.0824. The summed E-state index contributed by atoms with van der Waals surface area (Å²) >= 11 is 5.79. The minimum Gasteiger partial charge on any atom is -0.493 e. The van der Waals surface area contributed by atoms with E-state index in [0.717, 1.165) is 11.3 Å². The van der Waals surface area contributed by atoms with Gasteiger partial charge in [-0.25, -0.2) is 0 Å². The molecule has 2 aromatic rings. The fraction of sp³-hybridized carbons (Fsp3) is 0.222. The van der Waals surface area contributed by atoms with Crippen LogP contribution in [0.5, 0.6) is 5.75 Å². The van der Waals surface area contributed by atoms with Crippen LogP contribution in [0.15, 0.2) is 48.5 Å². The van der Waals surface area contributed by atoms with Gasteiger partial charge in [0.2, 0.25) is 5.91 Å². The molecular weight excluding hydrogens is 328 g/mol. The Hall–Kier alpha value is -2.53. The van der Waals surface area contributed by atoms with Gasteiger partial charge in [0.25, 0.3) is 5.91 Å². The number of benzene rings is 2. The van der Waals surface area contributed by atoms with Crippen molar-refractivity contribution in [3.05, 3.63) is 64.7 Å². The summed E-state index contributed by atoms with van der Waals surface area (Å²) in [6.07, 6.45) is 0.702. The Bertz CT molecular complexity index is 746. The Kier molecular flexibility index (Phi) is 5.01. The van der Waals surface area contributed by atoms with Crippen LogP contribution < -0.4 is 15.4 Å². The Morgan fingerprint density at radius 3 is 2.67 bits per heavy atom. The molecule has 1 unspecified atom stereocenters. The number of hydrogen-bond acceptors (Lipinski definition) is 3. The molecule has 5 nitrogen and oxygen atoms in total. The monoisotopic (exact) mass is 344 g/mol. The first-order valence-corrected chi connectivity index (χ1v) is 8.06. The second-order valence-corrected chi connectivity index (χ2v) is 5.92. The summed E-state index contributed by atoms with van der Waals surface area (Å²) in [6.45, 7) is 0.472. The Morgan fingerprint density at radius 1 is 1.12 bits per heavy atom. The highest BCUT2D eigenvalue weighted by Gasteiger charge is 2.22. The van der Waals surface area contributed by atoms with E-state index in [1.165, 1.54) is 0 Å². The molecule has 24 heavy (non-hydrogen) atoms. The Balaban J connectivity index is 1.55. The molecule has 0 bridgehead atoms. The molecular formula is C18H17ClN2O3. The quantitative estimate of drug-likeness (QED) is 0.896. The third-order valence-corrected chi connectivity index (χ3v) is 4.06. The number of ether oxygens (including phenoxy) is 1. The molecule has 2 aromatic carbocycles. The molecule has 3 rings (SSSR count). The van der Waals surface area contributed by atoms with Gasteiger partial charge in [0.1, 0.15) is 5.75 Å². The summed E-state index contributed by atoms with van der Waals surface area (Å²) in [4.78, 5) is 24.1. The number of carbonyl (C=O) groups excluding carboxylic acids is 2. The predicted octanol–water partition coefficient (Wildman–Crippen LogP) is 2.71. The summed E-state index contributed by atoms with van der Waals surface area (Å²) < 4.78 is 5.57. The van der Waals surface area contributed by atoms with E-state index in [-0.39, 0.29) is 24.4 Å². The average molecular weight is 345 g/mol. The number of para-hydroxylation sites is 1. The first-order valence-electron chi connectivity index (χ1n) is 7.68. The number of carbonyl (C=O) groups is 2. The second kappa shape index (κ2) is 7.36. The molecule has 0 saturated heterocycles. The topological polar surface area (TPSA) is 67.4 Å². The van der Waals surface area contributed by atoms with Gasteiger partial charge < -0.3 is 15.4 Å². The molecule has 0 aliphatic carbocycles. The number of amides is 2. The smallest absolute Gasteiger partial charge is 0.251 e. The van der Waals surface area contributed by atoms with Gasteiger partial charge >= 0.3 is 0 Å². The highest BCUT2D eigenvalue weighted by atomic mass is 35.5. The molecule has 2 N–H and O–H groups in total. The molecule has 2 amide bonds. The summed E-state index contributed by atoms with van der Waals surface area (Å²) in [7, 11) is 0. The molecule has 0 aromatic heterocycles. The molecule has 0 saturated carbocycles. The van der Waals surface area contributed by atoms with Crippen molar-refractivity contribution < 1.29 is 14.3 Å². The largest absolute Gasteiger partial charge is 0.493 e. The lowest BCUT2D eigenvalue weighted by Crippen LogP contribution is -2.39. The van der Waals surface area contributed by atoms with Gasteiger partial charge in [-0.1, -0.05) is 29.8 Å². The fourth-order valence-corrected chi connectivity index (χ4v) is 2.73. The number of fused-ring (bicyclic) bond motifs is 1. The highest BCUT2D eigenvalue weighted by molar-refractivity contribution is 6.30. The van der Waals surface area contributed by atoms with E-state index >= 15 is 0 Å². The minimum atomic E-state index is -0.311. The van der Waals surface area contributed by atoms with Crippen LogP contribution in [-0.4, -0.2) is 25.0 Å². The van der Waals surface area contributed by atoms with E-state index in [1.807, 2.05) is 24.3 Å². The summed E-state index contributed by atoms with van der Waals surface area (Å²) in [5.41, 5.74) is 1.42. The second-order valence-electron chi connectivity index (χ2n) is 5.48. The van der Waals surface area contributed by atoms with Gasteiger partial charge in [-0.2, -0.15) is 0 Å². The van der Waals surface area contributed by atoms with Crippen LogP contribution in [0, 0.1) is 0 Å². The number of halogens is 1. The fourth-order valence-electron chi connectivity index (χ4n) is 2.60. The van der Waals surface area contributed by atoms with Crippen LogP contribution >= 0.6 is 11.6 Å². The van der Waals surface area contributed by atoms with Crippen LogP contribution in [0.2, 0.25) is 5.02 Å². The van der Waals surface area contributed by atoms with Crippen LogP contribution in [0.25, 0.3) is 0 Å². The van der Waals surface area contributed by atoms with Crippen molar-refractivity contribution in [1.82, 2.24) is 10.6 Å². The summed E-state index contributed by atoms with van der Waals surface area (Å²) in [5.74, 6) is 0.243. The third kappa shape index (κ3) is 3.86. The zero-order valence-electron chi connectivity index (χ0n) is 12.9. The zero-order valence-corrected chi connectivity index (χ0v) is 13.7. The lowest BCUT2D eigenvalue weighted by molar-refractivity contribution is -0.121. The van der Waals surface area contributed by atoms with Gasteiger partial charge in [-0.15, -0.1) is 0 Å². The van der Waals surface area contributed by atoms with Crippen LogP contribution in [-0.2, 0) is 4.79 Å². The molecule has 0 radical (unpaired) electrons. The normalized spacial score (nSPS) is 15.8. The molecule has 6 heteroatoms. The molecule has 1 aliphatic rings. The third-order valence-electron chi connectivity index (χ3n) is 3.81. The van der Waals surface area contributed by atoms with E-state index in [9.17, 15) is 9.59 Å². The van der Waals surface area contributed by atoms with Crippen LogP contribution in [0.4, 0.5) is 0 Å². The zero-order chi connectivity index (χ0) is 16.9. The van der Waals surface area contributed by atoms with Crippen molar-refractivity contribution in [2.45, 2.75) is 12.5 Å².